The highest BCUT2D eigenvalue weighted by Gasteiger charge is 2.28. The van der Waals surface area contributed by atoms with Gasteiger partial charge in [0.05, 0.1) is 6.54 Å². The van der Waals surface area contributed by atoms with Crippen LogP contribution in [0.25, 0.3) is 0 Å². The number of hydrogen-bond acceptors (Lipinski definition) is 7. The van der Waals surface area contributed by atoms with Crippen LogP contribution < -0.4 is 4.90 Å². The van der Waals surface area contributed by atoms with Gasteiger partial charge in [-0.05, 0) is 31.4 Å². The van der Waals surface area contributed by atoms with Gasteiger partial charge >= 0.3 is 5.97 Å². The van der Waals surface area contributed by atoms with Crippen LogP contribution >= 0.6 is 0 Å². The van der Waals surface area contributed by atoms with Gasteiger partial charge in [0, 0.05) is 56.5 Å². The lowest BCUT2D eigenvalue weighted by atomic mass is 10.0. The summed E-state index contributed by atoms with van der Waals surface area (Å²) < 4.78 is 7.49. The fourth-order valence-corrected chi connectivity index (χ4v) is 5.32. The quantitative estimate of drug-likeness (QED) is 0.234. The Morgan fingerprint density at radius 1 is 0.946 bits per heavy atom. The van der Waals surface area contributed by atoms with Crippen molar-refractivity contribution >= 4 is 11.8 Å². The summed E-state index contributed by atoms with van der Waals surface area (Å²) >= 11 is 0. The molecule has 1 atom stereocenters. The number of allylic oxidation sites excluding steroid dienone is 2. The van der Waals surface area contributed by atoms with Crippen molar-refractivity contribution in [3.8, 4) is 11.8 Å². The largest absolute Gasteiger partial charge is 0.494 e. The summed E-state index contributed by atoms with van der Waals surface area (Å²) in [5.41, 5.74) is 1.53. The van der Waals surface area contributed by atoms with Gasteiger partial charge < -0.3 is 19.8 Å². The van der Waals surface area contributed by atoms with Crippen LogP contribution in [0.15, 0.2) is 36.5 Å². The number of rotatable bonds is 13. The highest BCUT2D eigenvalue weighted by atomic mass is 16.5. The molecule has 8 nitrogen and oxygen atoms in total. The van der Waals surface area contributed by atoms with E-state index < -0.39 is 6.10 Å². The van der Waals surface area contributed by atoms with Crippen LogP contribution in [0, 0.1) is 0 Å². The summed E-state index contributed by atoms with van der Waals surface area (Å²) in [6.45, 7) is 6.32. The maximum Gasteiger partial charge on any atom is 0.306 e. The molecule has 0 bridgehead atoms. The zero-order valence-electron chi connectivity index (χ0n) is 22.1. The lowest BCUT2D eigenvalue weighted by molar-refractivity contribution is -0.151. The first-order valence-electron chi connectivity index (χ1n) is 13.9. The minimum atomic E-state index is -0.465. The maximum atomic E-state index is 12.8. The van der Waals surface area contributed by atoms with Crippen molar-refractivity contribution in [2.24, 2.45) is 0 Å². The van der Waals surface area contributed by atoms with Crippen LogP contribution in [0.5, 0.6) is 11.8 Å². The number of hydrogen-bond donors (Lipinski definition) is 2. The van der Waals surface area contributed by atoms with Gasteiger partial charge in [-0.15, -0.1) is 0 Å². The molecule has 4 rings (SSSR count). The van der Waals surface area contributed by atoms with Gasteiger partial charge in [-0.25, -0.2) is 4.98 Å². The molecule has 2 aromatic heterocycles. The lowest BCUT2D eigenvalue weighted by Gasteiger charge is -2.37. The Kier molecular flexibility index (Phi) is 9.88. The summed E-state index contributed by atoms with van der Waals surface area (Å²) in [6, 6.07) is 5.94. The molecule has 2 N–H and O–H groups in total. The number of pyridine rings is 1. The lowest BCUT2D eigenvalue weighted by Crippen LogP contribution is -2.49. The molecule has 1 aliphatic carbocycles. The molecule has 8 heteroatoms. The van der Waals surface area contributed by atoms with Crippen molar-refractivity contribution in [2.45, 2.75) is 77.4 Å². The van der Waals surface area contributed by atoms with Crippen molar-refractivity contribution < 1.29 is 19.7 Å². The smallest absolute Gasteiger partial charge is 0.306 e. The highest BCUT2D eigenvalue weighted by Crippen LogP contribution is 2.37. The normalized spacial score (nSPS) is 16.5. The molecule has 2 aliphatic rings. The second kappa shape index (κ2) is 13.5. The van der Waals surface area contributed by atoms with Gasteiger partial charge in [-0.2, -0.15) is 0 Å². The number of anilines is 1. The Morgan fingerprint density at radius 3 is 2.27 bits per heavy atom. The predicted octanol–water partition coefficient (Wildman–Crippen LogP) is 4.43. The van der Waals surface area contributed by atoms with Gasteiger partial charge in [0.2, 0.25) is 0 Å². The van der Waals surface area contributed by atoms with E-state index in [9.17, 15) is 15.0 Å². The second-order valence-corrected chi connectivity index (χ2v) is 10.2. The Morgan fingerprint density at radius 2 is 1.62 bits per heavy atom. The molecule has 0 amide bonds. The van der Waals surface area contributed by atoms with Crippen LogP contribution in [0.2, 0.25) is 0 Å². The SMILES string of the molecule is CCCCCCCCC(=O)OC(CN1CCN(c2ccccn2)CC1)Cn1c(O)c2c(c1O)CC=CC2. The van der Waals surface area contributed by atoms with Gasteiger partial charge in [-0.3, -0.25) is 14.3 Å². The van der Waals surface area contributed by atoms with Gasteiger partial charge in [-0.1, -0.05) is 57.2 Å². The monoisotopic (exact) mass is 510 g/mol. The van der Waals surface area contributed by atoms with E-state index in [1.807, 2.05) is 36.5 Å². The zero-order chi connectivity index (χ0) is 26.0. The highest BCUT2D eigenvalue weighted by molar-refractivity contribution is 5.69. The number of unbranched alkanes of at least 4 members (excludes halogenated alkanes) is 5. The Balaban J connectivity index is 1.37. The fraction of sp³-hybridized carbons (Fsp3) is 0.586. The zero-order valence-corrected chi connectivity index (χ0v) is 22.1. The molecule has 37 heavy (non-hydrogen) atoms. The van der Waals surface area contributed by atoms with Crippen LogP contribution in [-0.2, 0) is 28.9 Å². The van der Waals surface area contributed by atoms with Crippen LogP contribution in [-0.4, -0.2) is 69.5 Å². The van der Waals surface area contributed by atoms with Gasteiger partial charge in [0.25, 0.3) is 0 Å². The number of nitrogens with zero attached hydrogens (tertiary/aromatic N) is 4. The number of fused-ring (bicyclic) bond motifs is 1. The van der Waals surface area contributed by atoms with Crippen molar-refractivity contribution in [3.05, 3.63) is 47.7 Å². The number of ether oxygens (including phenoxy) is 1. The number of carbonyl (C=O) groups is 1. The molecule has 0 aromatic carbocycles. The van der Waals surface area contributed by atoms with Crippen LogP contribution in [0.4, 0.5) is 5.82 Å². The van der Waals surface area contributed by atoms with Gasteiger partial charge in [0.15, 0.2) is 11.8 Å². The van der Waals surface area contributed by atoms with E-state index in [-0.39, 0.29) is 24.3 Å². The average molecular weight is 511 g/mol. The van der Waals surface area contributed by atoms with E-state index in [4.69, 9.17) is 4.74 Å². The molecule has 1 saturated heterocycles. The average Bonchev–Trinajstić information content (AvgIpc) is 3.16. The summed E-state index contributed by atoms with van der Waals surface area (Å²) in [4.78, 5) is 21.8. The van der Waals surface area contributed by atoms with Crippen molar-refractivity contribution in [1.29, 1.82) is 0 Å². The Bertz CT molecular complexity index is 997. The van der Waals surface area contributed by atoms with Gasteiger partial charge in [0.1, 0.15) is 11.9 Å². The van der Waals surface area contributed by atoms with Crippen molar-refractivity contribution in [1.82, 2.24) is 14.5 Å². The maximum absolute atomic E-state index is 12.8. The molecule has 202 valence electrons. The molecule has 1 fully saturated rings. The molecule has 2 aromatic rings. The topological polar surface area (TPSA) is 91.1 Å². The predicted molar refractivity (Wildman–Crippen MR) is 145 cm³/mol. The third kappa shape index (κ3) is 7.28. The minimum Gasteiger partial charge on any atom is -0.494 e. The molecule has 0 spiro atoms. The Labute approximate surface area is 220 Å². The summed E-state index contributed by atoms with van der Waals surface area (Å²) in [5, 5.41) is 21.7. The molecular weight excluding hydrogens is 468 g/mol. The first-order chi connectivity index (χ1) is 18.1. The molecule has 0 radical (unpaired) electrons. The standard InChI is InChI=1S/C29H42N4O4/c1-2-3-4-5-6-7-15-27(34)37-23(22-33-28(35)24-12-8-9-13-25(24)29(33)36)21-31-17-19-32(20-18-31)26-14-10-11-16-30-26/h8-11,14,16,23,35-36H,2-7,12-13,15,17-22H2,1H3. The summed E-state index contributed by atoms with van der Waals surface area (Å²) in [7, 11) is 0. The van der Waals surface area contributed by atoms with E-state index >= 15 is 0 Å². The number of aromatic hydroxyl groups is 2. The van der Waals surface area contributed by atoms with Crippen molar-refractivity contribution in [3.63, 3.8) is 0 Å². The first kappa shape index (κ1) is 27.0. The number of esters is 1. The van der Waals surface area contributed by atoms with E-state index in [1.54, 1.807) is 0 Å². The van der Waals surface area contributed by atoms with Crippen LogP contribution in [0.1, 0.15) is 63.0 Å². The third-order valence-electron chi connectivity index (χ3n) is 7.45. The summed E-state index contributed by atoms with van der Waals surface area (Å²) in [5.74, 6) is 0.929. The molecular formula is C29H42N4O4. The fourth-order valence-electron chi connectivity index (χ4n) is 5.32. The van der Waals surface area contributed by atoms with E-state index in [0.717, 1.165) is 62.4 Å². The number of piperazine rings is 1. The molecule has 1 aliphatic heterocycles. The third-order valence-corrected chi connectivity index (χ3v) is 7.45. The number of aromatic nitrogens is 2. The molecule has 3 heterocycles. The van der Waals surface area contributed by atoms with E-state index in [1.165, 1.54) is 23.8 Å². The second-order valence-electron chi connectivity index (χ2n) is 10.2. The minimum absolute atomic E-state index is 0.0776. The van der Waals surface area contributed by atoms with Crippen molar-refractivity contribution in [2.75, 3.05) is 37.6 Å². The Hall–Kier alpha value is -3.00. The van der Waals surface area contributed by atoms with Crippen LogP contribution in [0.3, 0.4) is 0 Å². The molecule has 1 unspecified atom stereocenters. The number of carbonyl (C=O) groups excluding carboxylic acids is 1. The first-order valence-corrected chi connectivity index (χ1v) is 13.9. The van der Waals surface area contributed by atoms with E-state index in [0.29, 0.717) is 25.8 Å². The van der Waals surface area contributed by atoms with E-state index in [2.05, 4.69) is 21.7 Å². The summed E-state index contributed by atoms with van der Waals surface area (Å²) in [6.07, 6.45) is 13.6. The molecule has 0 saturated carbocycles.